The third-order valence-corrected chi connectivity index (χ3v) is 4.81. The SMILES string of the molecule is CC1CC(=C(c2ccc(O)cc2)c2ccc(C#N)cc2)CC(C)C1. The van der Waals surface area contributed by atoms with Crippen LogP contribution in [-0.2, 0) is 0 Å². The van der Waals surface area contributed by atoms with E-state index in [1.54, 1.807) is 12.1 Å². The van der Waals surface area contributed by atoms with Gasteiger partial charge in [-0.2, -0.15) is 5.26 Å². The molecule has 24 heavy (non-hydrogen) atoms. The van der Waals surface area contributed by atoms with Crippen molar-refractivity contribution >= 4 is 5.57 Å². The number of benzene rings is 2. The van der Waals surface area contributed by atoms with E-state index in [4.69, 9.17) is 5.26 Å². The van der Waals surface area contributed by atoms with Crippen LogP contribution in [0.5, 0.6) is 5.75 Å². The molecule has 2 aromatic rings. The van der Waals surface area contributed by atoms with E-state index in [-0.39, 0.29) is 5.75 Å². The van der Waals surface area contributed by atoms with Crippen molar-refractivity contribution in [3.8, 4) is 11.8 Å². The number of nitriles is 1. The second-order valence-corrected chi connectivity index (χ2v) is 7.07. The Labute approximate surface area is 144 Å². The fraction of sp³-hybridized carbons (Fsp3) is 0.318. The Hall–Kier alpha value is -2.53. The lowest BCUT2D eigenvalue weighted by Gasteiger charge is -2.29. The predicted molar refractivity (Wildman–Crippen MR) is 97.5 cm³/mol. The van der Waals surface area contributed by atoms with Crippen molar-refractivity contribution in [2.75, 3.05) is 0 Å². The zero-order valence-corrected chi connectivity index (χ0v) is 14.3. The van der Waals surface area contributed by atoms with Gasteiger partial charge in [0, 0.05) is 0 Å². The number of allylic oxidation sites excluding steroid dienone is 1. The summed E-state index contributed by atoms with van der Waals surface area (Å²) in [4.78, 5) is 0. The molecule has 2 heteroatoms. The minimum absolute atomic E-state index is 0.285. The summed E-state index contributed by atoms with van der Waals surface area (Å²) in [6.07, 6.45) is 3.50. The number of rotatable bonds is 2. The molecule has 2 unspecified atom stereocenters. The number of hydrogen-bond acceptors (Lipinski definition) is 2. The van der Waals surface area contributed by atoms with Gasteiger partial charge in [0.05, 0.1) is 11.6 Å². The van der Waals surface area contributed by atoms with E-state index < -0.39 is 0 Å². The smallest absolute Gasteiger partial charge is 0.115 e. The van der Waals surface area contributed by atoms with Crippen LogP contribution in [-0.4, -0.2) is 5.11 Å². The molecule has 1 aliphatic rings. The maximum absolute atomic E-state index is 9.62. The zero-order valence-electron chi connectivity index (χ0n) is 14.3. The summed E-state index contributed by atoms with van der Waals surface area (Å²) < 4.78 is 0. The molecule has 2 nitrogen and oxygen atoms in total. The summed E-state index contributed by atoms with van der Waals surface area (Å²) >= 11 is 0. The van der Waals surface area contributed by atoms with Crippen molar-refractivity contribution in [2.24, 2.45) is 11.8 Å². The number of nitrogens with zero attached hydrogens (tertiary/aromatic N) is 1. The Balaban J connectivity index is 2.13. The number of phenols is 1. The van der Waals surface area contributed by atoms with Crippen LogP contribution in [0.25, 0.3) is 5.57 Å². The molecule has 0 radical (unpaired) electrons. The van der Waals surface area contributed by atoms with Crippen LogP contribution in [0.1, 0.15) is 49.8 Å². The van der Waals surface area contributed by atoms with Crippen LogP contribution < -0.4 is 0 Å². The number of aromatic hydroxyl groups is 1. The van der Waals surface area contributed by atoms with Crippen molar-refractivity contribution in [1.82, 2.24) is 0 Å². The molecule has 0 bridgehead atoms. The molecule has 0 amide bonds. The van der Waals surface area contributed by atoms with E-state index in [2.05, 4.69) is 19.9 Å². The molecule has 3 rings (SSSR count). The van der Waals surface area contributed by atoms with Crippen molar-refractivity contribution in [3.63, 3.8) is 0 Å². The first-order valence-electron chi connectivity index (χ1n) is 8.58. The summed E-state index contributed by atoms with van der Waals surface area (Å²) in [5, 5.41) is 18.7. The minimum Gasteiger partial charge on any atom is -0.508 e. The second kappa shape index (κ2) is 6.93. The van der Waals surface area contributed by atoms with Crippen LogP contribution in [0.2, 0.25) is 0 Å². The third kappa shape index (κ3) is 3.51. The van der Waals surface area contributed by atoms with Gasteiger partial charge in [0.1, 0.15) is 5.75 Å². The van der Waals surface area contributed by atoms with Gasteiger partial charge in [-0.05, 0) is 72.1 Å². The molecule has 1 saturated carbocycles. The first kappa shape index (κ1) is 16.3. The fourth-order valence-corrected chi connectivity index (χ4v) is 3.90. The second-order valence-electron chi connectivity index (χ2n) is 7.07. The zero-order chi connectivity index (χ0) is 17.1. The molecule has 0 saturated heterocycles. The molecule has 0 aromatic heterocycles. The molecule has 0 aliphatic heterocycles. The molecular formula is C22H23NO. The highest BCUT2D eigenvalue weighted by Crippen LogP contribution is 2.39. The highest BCUT2D eigenvalue weighted by atomic mass is 16.3. The van der Waals surface area contributed by atoms with Gasteiger partial charge in [-0.25, -0.2) is 0 Å². The summed E-state index contributed by atoms with van der Waals surface area (Å²) in [6.45, 7) is 4.64. The molecule has 1 fully saturated rings. The highest BCUT2D eigenvalue weighted by Gasteiger charge is 2.23. The average Bonchev–Trinajstić information content (AvgIpc) is 2.57. The first-order valence-corrected chi connectivity index (χ1v) is 8.58. The predicted octanol–water partition coefficient (Wildman–Crippen LogP) is 5.52. The van der Waals surface area contributed by atoms with E-state index >= 15 is 0 Å². The first-order chi connectivity index (χ1) is 11.6. The maximum atomic E-state index is 9.62. The summed E-state index contributed by atoms with van der Waals surface area (Å²) in [7, 11) is 0. The number of phenolic OH excluding ortho intramolecular Hbond substituents is 1. The maximum Gasteiger partial charge on any atom is 0.115 e. The fourth-order valence-electron chi connectivity index (χ4n) is 3.90. The van der Waals surface area contributed by atoms with Gasteiger partial charge >= 0.3 is 0 Å². The molecule has 2 aromatic carbocycles. The largest absolute Gasteiger partial charge is 0.508 e. The molecule has 122 valence electrons. The lowest BCUT2D eigenvalue weighted by molar-refractivity contribution is 0.359. The minimum atomic E-state index is 0.285. The van der Waals surface area contributed by atoms with Gasteiger partial charge < -0.3 is 5.11 Å². The molecule has 0 heterocycles. The van der Waals surface area contributed by atoms with Gasteiger partial charge in [-0.3, -0.25) is 0 Å². The lowest BCUT2D eigenvalue weighted by atomic mass is 9.76. The van der Waals surface area contributed by atoms with Crippen molar-refractivity contribution in [1.29, 1.82) is 5.26 Å². The van der Waals surface area contributed by atoms with Gasteiger partial charge in [0.15, 0.2) is 0 Å². The Kier molecular flexibility index (Phi) is 4.71. The van der Waals surface area contributed by atoms with Gasteiger partial charge in [0.2, 0.25) is 0 Å². The molecule has 1 N–H and O–H groups in total. The third-order valence-electron chi connectivity index (χ3n) is 4.81. The van der Waals surface area contributed by atoms with Crippen molar-refractivity contribution < 1.29 is 5.11 Å². The monoisotopic (exact) mass is 317 g/mol. The molecule has 0 spiro atoms. The van der Waals surface area contributed by atoms with E-state index in [1.165, 1.54) is 17.6 Å². The van der Waals surface area contributed by atoms with Crippen molar-refractivity contribution in [2.45, 2.75) is 33.1 Å². The average molecular weight is 317 g/mol. The Morgan fingerprint density at radius 2 is 1.42 bits per heavy atom. The van der Waals surface area contributed by atoms with Crippen LogP contribution in [0.15, 0.2) is 54.1 Å². The van der Waals surface area contributed by atoms with Crippen molar-refractivity contribution in [3.05, 3.63) is 70.8 Å². The van der Waals surface area contributed by atoms with Crippen LogP contribution in [0.4, 0.5) is 0 Å². The lowest BCUT2D eigenvalue weighted by Crippen LogP contribution is -2.14. The van der Waals surface area contributed by atoms with Crippen LogP contribution in [0, 0.1) is 23.2 Å². The Morgan fingerprint density at radius 1 is 0.917 bits per heavy atom. The standard InChI is InChI=1S/C22H23NO/c1-15-11-16(2)13-20(12-15)22(19-7-9-21(24)10-8-19)18-5-3-17(14-23)4-6-18/h3-10,15-16,24H,11-13H2,1-2H3. The van der Waals surface area contributed by atoms with E-state index in [0.29, 0.717) is 17.4 Å². The topological polar surface area (TPSA) is 44.0 Å². The Morgan fingerprint density at radius 3 is 1.92 bits per heavy atom. The van der Waals surface area contributed by atoms with Gasteiger partial charge in [-0.15, -0.1) is 0 Å². The summed E-state index contributed by atoms with van der Waals surface area (Å²) in [5.41, 5.74) is 5.71. The normalized spacial score (nSPS) is 20.5. The summed E-state index contributed by atoms with van der Waals surface area (Å²) in [6, 6.07) is 17.5. The number of hydrogen-bond donors (Lipinski definition) is 1. The molecule has 2 atom stereocenters. The highest BCUT2D eigenvalue weighted by molar-refractivity contribution is 5.82. The van der Waals surface area contributed by atoms with E-state index in [0.717, 1.165) is 24.0 Å². The summed E-state index contributed by atoms with van der Waals surface area (Å²) in [5.74, 6) is 1.66. The van der Waals surface area contributed by atoms with Crippen LogP contribution in [0.3, 0.4) is 0 Å². The van der Waals surface area contributed by atoms with E-state index in [9.17, 15) is 5.11 Å². The molecular weight excluding hydrogens is 294 g/mol. The van der Waals surface area contributed by atoms with Gasteiger partial charge in [0.25, 0.3) is 0 Å². The Bertz CT molecular complexity index is 766. The van der Waals surface area contributed by atoms with Gasteiger partial charge in [-0.1, -0.05) is 43.7 Å². The molecule has 1 aliphatic carbocycles. The quantitative estimate of drug-likeness (QED) is 0.792. The van der Waals surface area contributed by atoms with Crippen LogP contribution >= 0.6 is 0 Å². The van der Waals surface area contributed by atoms with E-state index in [1.807, 2.05) is 36.4 Å².